The van der Waals surface area contributed by atoms with Crippen LogP contribution >= 0.6 is 24.8 Å². The summed E-state index contributed by atoms with van der Waals surface area (Å²) < 4.78 is 0. The second-order valence-electron chi connectivity index (χ2n) is 8.06. The minimum Gasteiger partial charge on any atom is -0.339 e. The van der Waals surface area contributed by atoms with Crippen molar-refractivity contribution in [3.63, 3.8) is 0 Å². The summed E-state index contributed by atoms with van der Waals surface area (Å²) in [6.07, 6.45) is 5.82. The van der Waals surface area contributed by atoms with Crippen LogP contribution in [-0.2, 0) is 9.59 Å². The fourth-order valence-electron chi connectivity index (χ4n) is 4.80. The average molecular weight is 407 g/mol. The highest BCUT2D eigenvalue weighted by molar-refractivity contribution is 5.85. The third-order valence-electron chi connectivity index (χ3n) is 6.59. The molecule has 3 aliphatic heterocycles. The summed E-state index contributed by atoms with van der Waals surface area (Å²) in [5.41, 5.74) is 0.311. The number of likely N-dealkylation sites (tertiary alicyclic amines) is 1. The molecule has 1 aliphatic carbocycles. The number of piperidine rings is 1. The van der Waals surface area contributed by atoms with Gasteiger partial charge in [-0.2, -0.15) is 0 Å². The van der Waals surface area contributed by atoms with Crippen molar-refractivity contribution in [2.24, 2.45) is 11.3 Å². The van der Waals surface area contributed by atoms with Gasteiger partial charge in [-0.3, -0.25) is 14.5 Å². The Morgan fingerprint density at radius 3 is 2.08 bits per heavy atom. The molecule has 0 aromatic rings. The molecule has 1 atom stereocenters. The molecule has 6 nitrogen and oxygen atoms in total. The Morgan fingerprint density at radius 2 is 1.46 bits per heavy atom. The number of hydrogen-bond donors (Lipinski definition) is 1. The van der Waals surface area contributed by atoms with Gasteiger partial charge < -0.3 is 15.1 Å². The lowest BCUT2D eigenvalue weighted by molar-refractivity contribution is -0.141. The zero-order valence-corrected chi connectivity index (χ0v) is 17.1. The third kappa shape index (κ3) is 4.46. The number of rotatable bonds is 3. The Hall–Kier alpha value is -0.560. The van der Waals surface area contributed by atoms with Crippen LogP contribution in [0.1, 0.15) is 32.1 Å². The molecule has 0 aromatic heterocycles. The van der Waals surface area contributed by atoms with Gasteiger partial charge in [0.1, 0.15) is 0 Å². The van der Waals surface area contributed by atoms with E-state index in [2.05, 4.69) is 10.2 Å². The Labute approximate surface area is 168 Å². The Kier molecular flexibility index (Phi) is 7.60. The van der Waals surface area contributed by atoms with E-state index < -0.39 is 0 Å². The Morgan fingerprint density at radius 1 is 0.885 bits per heavy atom. The number of piperazine rings is 1. The molecule has 0 radical (unpaired) electrons. The lowest BCUT2D eigenvalue weighted by Gasteiger charge is -2.36. The monoisotopic (exact) mass is 406 g/mol. The standard InChI is InChI=1S/C18H30N4O2.2ClH/c23-16(14-20-7-1-2-8-20)21-9-11-22(12-10-21)17(24)15-13-18(15)3-5-19-6-4-18;;/h15,19H,1-14H2;2*1H. The number of nitrogens with zero attached hydrogens (tertiary/aromatic N) is 3. The predicted molar refractivity (Wildman–Crippen MR) is 106 cm³/mol. The first-order valence-electron chi connectivity index (χ1n) is 9.68. The van der Waals surface area contributed by atoms with E-state index in [-0.39, 0.29) is 36.6 Å². The van der Waals surface area contributed by atoms with Crippen LogP contribution in [0, 0.1) is 11.3 Å². The van der Waals surface area contributed by atoms with E-state index in [1.165, 1.54) is 12.8 Å². The molecule has 0 aromatic carbocycles. The van der Waals surface area contributed by atoms with Crippen molar-refractivity contribution in [2.45, 2.75) is 32.1 Å². The zero-order valence-electron chi connectivity index (χ0n) is 15.5. The van der Waals surface area contributed by atoms with Gasteiger partial charge in [-0.25, -0.2) is 0 Å². The van der Waals surface area contributed by atoms with Crippen LogP contribution in [-0.4, -0.2) is 85.4 Å². The highest BCUT2D eigenvalue weighted by atomic mass is 35.5. The lowest BCUT2D eigenvalue weighted by atomic mass is 9.91. The maximum absolute atomic E-state index is 12.8. The Bertz CT molecular complexity index is 499. The van der Waals surface area contributed by atoms with Gasteiger partial charge >= 0.3 is 0 Å². The summed E-state index contributed by atoms with van der Waals surface area (Å²) >= 11 is 0. The quantitative estimate of drug-likeness (QED) is 0.758. The van der Waals surface area contributed by atoms with Crippen LogP contribution in [0.3, 0.4) is 0 Å². The van der Waals surface area contributed by atoms with E-state index in [9.17, 15) is 9.59 Å². The first kappa shape index (κ1) is 21.7. The lowest BCUT2D eigenvalue weighted by Crippen LogP contribution is -2.53. The molecule has 1 spiro atoms. The van der Waals surface area contributed by atoms with Gasteiger partial charge in [0.05, 0.1) is 6.54 Å². The topological polar surface area (TPSA) is 55.9 Å². The highest BCUT2D eigenvalue weighted by Crippen LogP contribution is 2.59. The van der Waals surface area contributed by atoms with Crippen LogP contribution in [0.2, 0.25) is 0 Å². The number of halogens is 2. The summed E-state index contributed by atoms with van der Waals surface area (Å²) in [6.45, 7) is 7.65. The van der Waals surface area contributed by atoms with Crippen molar-refractivity contribution in [3.05, 3.63) is 0 Å². The van der Waals surface area contributed by atoms with Crippen molar-refractivity contribution >= 4 is 36.6 Å². The van der Waals surface area contributed by atoms with Crippen molar-refractivity contribution in [1.82, 2.24) is 20.0 Å². The maximum atomic E-state index is 12.8. The molecule has 150 valence electrons. The number of nitrogens with one attached hydrogen (secondary N) is 1. The highest BCUT2D eigenvalue weighted by Gasteiger charge is 2.58. The normalized spacial score (nSPS) is 27.6. The minimum atomic E-state index is 0. The molecule has 8 heteroatoms. The molecule has 4 rings (SSSR count). The first-order chi connectivity index (χ1) is 11.7. The molecule has 0 bridgehead atoms. The molecule has 4 fully saturated rings. The Balaban J connectivity index is 0.00000121. The van der Waals surface area contributed by atoms with Crippen LogP contribution in [0.15, 0.2) is 0 Å². The fourth-order valence-corrected chi connectivity index (χ4v) is 4.80. The number of carbonyl (C=O) groups excluding carboxylic acids is 2. The van der Waals surface area contributed by atoms with Gasteiger partial charge in [0.15, 0.2) is 0 Å². The molecular weight excluding hydrogens is 375 g/mol. The second kappa shape index (κ2) is 9.09. The molecule has 1 N–H and O–H groups in total. The average Bonchev–Trinajstić information content (AvgIpc) is 3.05. The van der Waals surface area contributed by atoms with E-state index in [0.29, 0.717) is 31.0 Å². The zero-order chi connectivity index (χ0) is 16.6. The van der Waals surface area contributed by atoms with Crippen LogP contribution in [0.25, 0.3) is 0 Å². The summed E-state index contributed by atoms with van der Waals surface area (Å²) in [5.74, 6) is 0.847. The minimum absolute atomic E-state index is 0. The summed E-state index contributed by atoms with van der Waals surface area (Å²) in [5, 5.41) is 3.39. The molecule has 3 heterocycles. The van der Waals surface area contributed by atoms with Crippen LogP contribution in [0.4, 0.5) is 0 Å². The molecule has 1 saturated carbocycles. The molecule has 2 amide bonds. The van der Waals surface area contributed by atoms with Crippen molar-refractivity contribution in [3.8, 4) is 0 Å². The van der Waals surface area contributed by atoms with Gasteiger partial charge in [0.25, 0.3) is 0 Å². The van der Waals surface area contributed by atoms with E-state index >= 15 is 0 Å². The molecular formula is C18H32Cl2N4O2. The smallest absolute Gasteiger partial charge is 0.236 e. The van der Waals surface area contributed by atoms with E-state index in [0.717, 1.165) is 58.5 Å². The third-order valence-corrected chi connectivity index (χ3v) is 6.59. The molecule has 3 saturated heterocycles. The second-order valence-corrected chi connectivity index (χ2v) is 8.06. The number of carbonyl (C=O) groups is 2. The first-order valence-corrected chi connectivity index (χ1v) is 9.68. The summed E-state index contributed by atoms with van der Waals surface area (Å²) in [4.78, 5) is 31.4. The van der Waals surface area contributed by atoms with E-state index in [1.54, 1.807) is 0 Å². The molecule has 1 unspecified atom stereocenters. The van der Waals surface area contributed by atoms with E-state index in [1.807, 2.05) is 9.80 Å². The SMILES string of the molecule is Cl.Cl.O=C(CN1CCCC1)N1CCN(C(=O)C2CC23CCNCC3)CC1. The van der Waals surface area contributed by atoms with Crippen molar-refractivity contribution in [1.29, 1.82) is 0 Å². The number of hydrogen-bond acceptors (Lipinski definition) is 4. The molecule has 26 heavy (non-hydrogen) atoms. The van der Waals surface area contributed by atoms with Gasteiger partial charge in [0.2, 0.25) is 11.8 Å². The van der Waals surface area contributed by atoms with Crippen LogP contribution in [0.5, 0.6) is 0 Å². The number of amides is 2. The fraction of sp³-hybridized carbons (Fsp3) is 0.889. The summed E-state index contributed by atoms with van der Waals surface area (Å²) in [7, 11) is 0. The predicted octanol–water partition coefficient (Wildman–Crippen LogP) is 0.986. The van der Waals surface area contributed by atoms with E-state index in [4.69, 9.17) is 0 Å². The summed E-state index contributed by atoms with van der Waals surface area (Å²) in [6, 6.07) is 0. The maximum Gasteiger partial charge on any atom is 0.236 e. The van der Waals surface area contributed by atoms with Gasteiger partial charge in [0, 0.05) is 32.1 Å². The van der Waals surface area contributed by atoms with Crippen molar-refractivity contribution < 1.29 is 9.59 Å². The van der Waals surface area contributed by atoms with Crippen molar-refractivity contribution in [2.75, 3.05) is 58.9 Å². The van der Waals surface area contributed by atoms with Gasteiger partial charge in [-0.1, -0.05) is 0 Å². The molecule has 4 aliphatic rings. The largest absolute Gasteiger partial charge is 0.339 e. The van der Waals surface area contributed by atoms with Gasteiger partial charge in [-0.05, 0) is 63.7 Å². The van der Waals surface area contributed by atoms with Crippen LogP contribution < -0.4 is 5.32 Å². The van der Waals surface area contributed by atoms with Gasteiger partial charge in [-0.15, -0.1) is 24.8 Å².